The van der Waals surface area contributed by atoms with E-state index in [4.69, 9.17) is 9.72 Å². The van der Waals surface area contributed by atoms with E-state index in [0.29, 0.717) is 18.4 Å². The van der Waals surface area contributed by atoms with Crippen LogP contribution in [0.1, 0.15) is 43.4 Å². The highest BCUT2D eigenvalue weighted by molar-refractivity contribution is 5.75. The Balaban J connectivity index is 1.43. The first-order valence-electron chi connectivity index (χ1n) is 9.65. The molecule has 0 radical (unpaired) electrons. The van der Waals surface area contributed by atoms with Crippen molar-refractivity contribution in [3.63, 3.8) is 0 Å². The lowest BCUT2D eigenvalue weighted by molar-refractivity contribution is 0.0423. The van der Waals surface area contributed by atoms with E-state index in [1.807, 2.05) is 22.7 Å². The molecule has 27 heavy (non-hydrogen) atoms. The Morgan fingerprint density at radius 2 is 2.07 bits per heavy atom. The Labute approximate surface area is 157 Å². The Hall–Kier alpha value is -2.73. The summed E-state index contributed by atoms with van der Waals surface area (Å²) in [6.45, 7) is 2.92. The molecule has 0 aliphatic heterocycles. The maximum atomic E-state index is 6.26. The molecule has 1 aliphatic carbocycles. The van der Waals surface area contributed by atoms with E-state index in [1.54, 1.807) is 6.33 Å². The lowest BCUT2D eigenvalue weighted by atomic mass is 9.90. The van der Waals surface area contributed by atoms with Crippen molar-refractivity contribution in [3.8, 4) is 0 Å². The molecule has 0 unspecified atom stereocenters. The van der Waals surface area contributed by atoms with Crippen LogP contribution in [-0.2, 0) is 11.3 Å². The number of hydrogen-bond donors (Lipinski definition) is 1. The van der Waals surface area contributed by atoms with Crippen LogP contribution in [0.4, 0.5) is 0 Å². The molecule has 138 valence electrons. The van der Waals surface area contributed by atoms with Gasteiger partial charge in [0.05, 0.1) is 23.9 Å². The second-order valence-corrected chi connectivity index (χ2v) is 7.40. The summed E-state index contributed by atoms with van der Waals surface area (Å²) < 4.78 is 8.30. The molecule has 3 heterocycles. The zero-order valence-corrected chi connectivity index (χ0v) is 15.4. The van der Waals surface area contributed by atoms with Gasteiger partial charge in [-0.05, 0) is 30.4 Å². The normalized spacial score (nSPS) is 22.8. The molecule has 6 nitrogen and oxygen atoms in total. The molecule has 3 atom stereocenters. The van der Waals surface area contributed by atoms with Crippen molar-refractivity contribution in [1.82, 2.24) is 24.6 Å². The minimum absolute atomic E-state index is 0.254. The van der Waals surface area contributed by atoms with Gasteiger partial charge in [0.25, 0.3) is 0 Å². The molecule has 6 heteroatoms. The summed E-state index contributed by atoms with van der Waals surface area (Å²) in [5.41, 5.74) is 5.04. The van der Waals surface area contributed by atoms with Crippen molar-refractivity contribution in [2.24, 2.45) is 5.92 Å². The number of aromatic amines is 1. The average molecular weight is 361 g/mol. The number of nitrogens with one attached hydrogen (secondary N) is 1. The van der Waals surface area contributed by atoms with E-state index in [-0.39, 0.29) is 6.10 Å². The highest BCUT2D eigenvalue weighted by Gasteiger charge is 2.37. The molecule has 1 aliphatic rings. The minimum Gasteiger partial charge on any atom is -0.374 e. The van der Waals surface area contributed by atoms with Crippen LogP contribution < -0.4 is 0 Å². The van der Waals surface area contributed by atoms with Crippen molar-refractivity contribution < 1.29 is 4.74 Å². The van der Waals surface area contributed by atoms with Gasteiger partial charge < -0.3 is 9.72 Å². The third-order valence-electron chi connectivity index (χ3n) is 5.83. The number of nitrogens with zero attached hydrogens (tertiary/aromatic N) is 4. The predicted octanol–water partition coefficient (Wildman–Crippen LogP) is 4.09. The summed E-state index contributed by atoms with van der Waals surface area (Å²) in [6, 6.07) is 12.4. The molecule has 1 fully saturated rings. The van der Waals surface area contributed by atoms with Crippen molar-refractivity contribution in [3.05, 3.63) is 60.2 Å². The van der Waals surface area contributed by atoms with Gasteiger partial charge in [-0.3, -0.25) is 4.40 Å². The fourth-order valence-corrected chi connectivity index (χ4v) is 4.43. The summed E-state index contributed by atoms with van der Waals surface area (Å²) in [4.78, 5) is 8.17. The van der Waals surface area contributed by atoms with Crippen molar-refractivity contribution in [2.75, 3.05) is 0 Å². The molecule has 1 N–H and O–H groups in total. The molecular formula is C21H23N5O. The van der Waals surface area contributed by atoms with Gasteiger partial charge >= 0.3 is 0 Å². The SMILES string of the molecule is CC[C@H]1C[C@@H](OCc2ccccc2)C[C@H]1c1nc2[nH]ccc2n2cnnc12. The largest absolute Gasteiger partial charge is 0.374 e. The van der Waals surface area contributed by atoms with Gasteiger partial charge in [0.15, 0.2) is 11.3 Å². The fourth-order valence-electron chi connectivity index (χ4n) is 4.43. The van der Waals surface area contributed by atoms with Gasteiger partial charge in [0.2, 0.25) is 0 Å². The summed E-state index contributed by atoms with van der Waals surface area (Å²) in [7, 11) is 0. The highest BCUT2D eigenvalue weighted by atomic mass is 16.5. The van der Waals surface area contributed by atoms with Crippen LogP contribution in [0, 0.1) is 5.92 Å². The molecule has 0 amide bonds. The minimum atomic E-state index is 0.254. The molecule has 0 bridgehead atoms. The monoisotopic (exact) mass is 361 g/mol. The van der Waals surface area contributed by atoms with Gasteiger partial charge in [-0.25, -0.2) is 4.98 Å². The Kier molecular flexibility index (Phi) is 4.13. The second kappa shape index (κ2) is 6.78. The number of aromatic nitrogens is 5. The molecule has 5 rings (SSSR count). The third-order valence-corrected chi connectivity index (χ3v) is 5.83. The topological polar surface area (TPSA) is 68.1 Å². The van der Waals surface area contributed by atoms with Crippen LogP contribution in [0.3, 0.4) is 0 Å². The number of ether oxygens (including phenoxy) is 1. The second-order valence-electron chi connectivity index (χ2n) is 7.40. The number of benzene rings is 1. The molecule has 0 saturated heterocycles. The molecular weight excluding hydrogens is 338 g/mol. The molecule has 4 aromatic rings. The van der Waals surface area contributed by atoms with Gasteiger partial charge in [0, 0.05) is 12.1 Å². The highest BCUT2D eigenvalue weighted by Crippen LogP contribution is 2.43. The van der Waals surface area contributed by atoms with Crippen LogP contribution in [0.25, 0.3) is 16.8 Å². The maximum absolute atomic E-state index is 6.26. The molecule has 0 spiro atoms. The van der Waals surface area contributed by atoms with Crippen molar-refractivity contribution in [1.29, 1.82) is 0 Å². The zero-order valence-electron chi connectivity index (χ0n) is 15.4. The smallest absolute Gasteiger partial charge is 0.183 e. The number of rotatable bonds is 5. The van der Waals surface area contributed by atoms with Crippen LogP contribution in [-0.4, -0.2) is 30.7 Å². The van der Waals surface area contributed by atoms with Gasteiger partial charge in [-0.15, -0.1) is 10.2 Å². The average Bonchev–Trinajstić information content (AvgIpc) is 3.44. The summed E-state index contributed by atoms with van der Waals surface area (Å²) in [5, 5.41) is 8.51. The van der Waals surface area contributed by atoms with Gasteiger partial charge in [-0.2, -0.15) is 0 Å². The summed E-state index contributed by atoms with van der Waals surface area (Å²) in [5.74, 6) is 0.890. The van der Waals surface area contributed by atoms with Crippen molar-refractivity contribution >= 4 is 16.8 Å². The lowest BCUT2D eigenvalue weighted by Crippen LogP contribution is -2.10. The fraction of sp³-hybridized carbons (Fsp3) is 0.381. The van der Waals surface area contributed by atoms with Crippen LogP contribution in [0.2, 0.25) is 0 Å². The molecule has 1 aromatic carbocycles. The van der Waals surface area contributed by atoms with E-state index < -0.39 is 0 Å². The molecule has 1 saturated carbocycles. The first-order chi connectivity index (χ1) is 13.3. The maximum Gasteiger partial charge on any atom is 0.183 e. The van der Waals surface area contributed by atoms with Gasteiger partial charge in [0.1, 0.15) is 6.33 Å². The van der Waals surface area contributed by atoms with Crippen LogP contribution >= 0.6 is 0 Å². The van der Waals surface area contributed by atoms with Gasteiger partial charge in [-0.1, -0.05) is 43.7 Å². The number of H-pyrrole nitrogens is 1. The quantitative estimate of drug-likeness (QED) is 0.581. The lowest BCUT2D eigenvalue weighted by Gasteiger charge is -2.17. The predicted molar refractivity (Wildman–Crippen MR) is 103 cm³/mol. The number of fused-ring (bicyclic) bond motifs is 3. The summed E-state index contributed by atoms with van der Waals surface area (Å²) >= 11 is 0. The number of hydrogen-bond acceptors (Lipinski definition) is 4. The Morgan fingerprint density at radius 3 is 2.93 bits per heavy atom. The third kappa shape index (κ3) is 2.90. The summed E-state index contributed by atoms with van der Waals surface area (Å²) in [6.07, 6.45) is 7.10. The first kappa shape index (κ1) is 16.4. The van der Waals surface area contributed by atoms with E-state index in [0.717, 1.165) is 41.8 Å². The Morgan fingerprint density at radius 1 is 1.19 bits per heavy atom. The van der Waals surface area contributed by atoms with Crippen LogP contribution in [0.15, 0.2) is 48.9 Å². The van der Waals surface area contributed by atoms with E-state index in [2.05, 4.69) is 46.4 Å². The Bertz CT molecular complexity index is 1050. The van der Waals surface area contributed by atoms with Crippen molar-refractivity contribution in [2.45, 2.75) is 44.8 Å². The standard InChI is InChI=1S/C21H23N5O/c1-2-15-10-16(27-12-14-6-4-3-5-7-14)11-17(15)19-21-25-23-13-26(21)18-8-9-22-20(18)24-19/h3-9,13,15-17,22H,2,10-12H2,1H3/t15-,16+,17+/m0/s1. The van der Waals surface area contributed by atoms with E-state index in [1.165, 1.54) is 5.56 Å². The first-order valence-corrected chi connectivity index (χ1v) is 9.65. The zero-order chi connectivity index (χ0) is 18.2. The van der Waals surface area contributed by atoms with E-state index in [9.17, 15) is 0 Å². The van der Waals surface area contributed by atoms with Crippen LogP contribution in [0.5, 0.6) is 0 Å². The van der Waals surface area contributed by atoms with E-state index >= 15 is 0 Å². The molecule has 3 aromatic heterocycles.